The standard InChI is InChI=1S/C11H10N4O/c12-7-15(11(13)14)10-6-5-8-3-1-2-4-9(8)16-10/h1-6,10H,(H3,13,14). The first kappa shape index (κ1) is 10.1. The number of nitrogens with two attached hydrogens (primary N) is 1. The van der Waals surface area contributed by atoms with E-state index in [0.717, 1.165) is 10.5 Å². The normalized spacial score (nSPS) is 16.8. The molecule has 0 radical (unpaired) electrons. The number of hydrogen-bond donors (Lipinski definition) is 2. The Bertz CT molecular complexity index is 489. The van der Waals surface area contributed by atoms with E-state index in [-0.39, 0.29) is 5.96 Å². The number of benzene rings is 1. The van der Waals surface area contributed by atoms with Crippen LogP contribution in [0, 0.1) is 16.9 Å². The number of ether oxygens (including phenoxy) is 1. The molecule has 1 aromatic carbocycles. The van der Waals surface area contributed by atoms with E-state index in [9.17, 15) is 0 Å². The molecule has 0 amide bonds. The van der Waals surface area contributed by atoms with Crippen molar-refractivity contribution in [3.8, 4) is 11.9 Å². The fourth-order valence-electron chi connectivity index (χ4n) is 1.47. The van der Waals surface area contributed by atoms with Gasteiger partial charge in [-0.3, -0.25) is 5.41 Å². The summed E-state index contributed by atoms with van der Waals surface area (Å²) in [5, 5.41) is 16.1. The maximum atomic E-state index is 8.84. The van der Waals surface area contributed by atoms with Crippen LogP contribution in [-0.4, -0.2) is 17.1 Å². The lowest BCUT2D eigenvalue weighted by Gasteiger charge is -2.26. The van der Waals surface area contributed by atoms with Crippen LogP contribution in [0.4, 0.5) is 0 Å². The second-order valence-corrected chi connectivity index (χ2v) is 3.26. The SMILES string of the molecule is N#CN(C(=N)N)C1C=Cc2ccccc2O1. The van der Waals surface area contributed by atoms with Crippen LogP contribution in [0.2, 0.25) is 0 Å². The Kier molecular flexibility index (Phi) is 2.48. The molecule has 1 heterocycles. The summed E-state index contributed by atoms with van der Waals surface area (Å²) in [6.07, 6.45) is 4.70. The van der Waals surface area contributed by atoms with Gasteiger partial charge >= 0.3 is 0 Å². The van der Waals surface area contributed by atoms with E-state index in [1.165, 1.54) is 0 Å². The van der Waals surface area contributed by atoms with Crippen molar-refractivity contribution in [3.05, 3.63) is 35.9 Å². The first-order chi connectivity index (χ1) is 7.72. The molecule has 1 atom stereocenters. The van der Waals surface area contributed by atoms with Crippen molar-refractivity contribution in [2.75, 3.05) is 0 Å². The molecule has 80 valence electrons. The van der Waals surface area contributed by atoms with Crippen LogP contribution in [0.5, 0.6) is 5.75 Å². The zero-order valence-corrected chi connectivity index (χ0v) is 8.42. The number of hydrogen-bond acceptors (Lipinski definition) is 3. The van der Waals surface area contributed by atoms with Crippen molar-refractivity contribution in [1.29, 1.82) is 10.7 Å². The van der Waals surface area contributed by atoms with Crippen LogP contribution in [0.1, 0.15) is 5.56 Å². The first-order valence-electron chi connectivity index (χ1n) is 4.69. The molecule has 1 aromatic rings. The van der Waals surface area contributed by atoms with Gasteiger partial charge in [0.05, 0.1) is 0 Å². The highest BCUT2D eigenvalue weighted by atomic mass is 16.5. The maximum absolute atomic E-state index is 8.84. The Labute approximate surface area is 92.9 Å². The fraction of sp³-hybridized carbons (Fsp3) is 0.0909. The van der Waals surface area contributed by atoms with E-state index in [2.05, 4.69) is 0 Å². The Morgan fingerprint density at radius 3 is 2.94 bits per heavy atom. The lowest BCUT2D eigenvalue weighted by Crippen LogP contribution is -2.43. The van der Waals surface area contributed by atoms with E-state index in [0.29, 0.717) is 5.75 Å². The molecule has 0 saturated carbocycles. The number of guanidine groups is 1. The van der Waals surface area contributed by atoms with Crippen molar-refractivity contribution in [1.82, 2.24) is 4.90 Å². The van der Waals surface area contributed by atoms with E-state index >= 15 is 0 Å². The average Bonchev–Trinajstić information content (AvgIpc) is 2.29. The van der Waals surface area contributed by atoms with Gasteiger partial charge in [0, 0.05) is 5.56 Å². The zero-order valence-electron chi connectivity index (χ0n) is 8.42. The summed E-state index contributed by atoms with van der Waals surface area (Å²) in [5.41, 5.74) is 6.22. The van der Waals surface area contributed by atoms with Crippen LogP contribution in [0.3, 0.4) is 0 Å². The van der Waals surface area contributed by atoms with Gasteiger partial charge in [0.25, 0.3) is 0 Å². The number of fused-ring (bicyclic) bond motifs is 1. The minimum absolute atomic E-state index is 0.337. The van der Waals surface area contributed by atoms with Crippen molar-refractivity contribution in [2.24, 2.45) is 5.73 Å². The number of nitrogens with one attached hydrogen (secondary N) is 1. The van der Waals surface area contributed by atoms with E-state index < -0.39 is 6.23 Å². The monoisotopic (exact) mass is 214 g/mol. The second kappa shape index (κ2) is 3.95. The van der Waals surface area contributed by atoms with Gasteiger partial charge in [-0.25, -0.2) is 4.90 Å². The summed E-state index contributed by atoms with van der Waals surface area (Å²) in [4.78, 5) is 0.993. The van der Waals surface area contributed by atoms with Gasteiger partial charge in [0.15, 0.2) is 6.19 Å². The number of rotatable bonds is 1. The average molecular weight is 214 g/mol. The number of para-hydroxylation sites is 1. The fourth-order valence-corrected chi connectivity index (χ4v) is 1.47. The van der Waals surface area contributed by atoms with Gasteiger partial charge in [0.1, 0.15) is 5.75 Å². The molecule has 1 aliphatic rings. The molecule has 0 fully saturated rings. The van der Waals surface area contributed by atoms with Gasteiger partial charge in [-0.1, -0.05) is 18.2 Å². The third-order valence-electron chi connectivity index (χ3n) is 2.23. The topological polar surface area (TPSA) is 86.1 Å². The number of nitriles is 1. The molecule has 2 rings (SSSR count). The van der Waals surface area contributed by atoms with Crippen molar-refractivity contribution in [3.63, 3.8) is 0 Å². The van der Waals surface area contributed by atoms with Crippen molar-refractivity contribution in [2.45, 2.75) is 6.23 Å². The van der Waals surface area contributed by atoms with Gasteiger partial charge in [-0.2, -0.15) is 5.26 Å². The predicted octanol–water partition coefficient (Wildman–Crippen LogP) is 1.09. The molecular formula is C11H10N4O. The molecule has 1 unspecified atom stereocenters. The predicted molar refractivity (Wildman–Crippen MR) is 59.3 cm³/mol. The Balaban J connectivity index is 2.27. The summed E-state index contributed by atoms with van der Waals surface area (Å²) in [5.74, 6) is 0.341. The Hall–Kier alpha value is -2.48. The number of nitrogens with zero attached hydrogens (tertiary/aromatic N) is 2. The van der Waals surface area contributed by atoms with Gasteiger partial charge in [-0.05, 0) is 18.2 Å². The van der Waals surface area contributed by atoms with Crippen LogP contribution >= 0.6 is 0 Å². The molecule has 5 nitrogen and oxygen atoms in total. The summed E-state index contributed by atoms with van der Waals surface area (Å²) in [7, 11) is 0. The van der Waals surface area contributed by atoms with Crippen LogP contribution in [-0.2, 0) is 0 Å². The van der Waals surface area contributed by atoms with Crippen molar-refractivity contribution >= 4 is 12.0 Å². The molecular weight excluding hydrogens is 204 g/mol. The van der Waals surface area contributed by atoms with E-state index in [1.54, 1.807) is 6.08 Å². The van der Waals surface area contributed by atoms with E-state index in [4.69, 9.17) is 21.1 Å². The molecule has 0 bridgehead atoms. The molecule has 5 heteroatoms. The largest absolute Gasteiger partial charge is 0.465 e. The highest BCUT2D eigenvalue weighted by Gasteiger charge is 2.22. The summed E-state index contributed by atoms with van der Waals surface area (Å²) < 4.78 is 5.54. The third-order valence-corrected chi connectivity index (χ3v) is 2.23. The molecule has 1 aliphatic heterocycles. The lowest BCUT2D eigenvalue weighted by atomic mass is 10.1. The smallest absolute Gasteiger partial charge is 0.207 e. The first-order valence-corrected chi connectivity index (χ1v) is 4.69. The minimum Gasteiger partial charge on any atom is -0.465 e. The zero-order chi connectivity index (χ0) is 11.5. The summed E-state index contributed by atoms with van der Waals surface area (Å²) >= 11 is 0. The molecule has 16 heavy (non-hydrogen) atoms. The van der Waals surface area contributed by atoms with Gasteiger partial charge in [-0.15, -0.1) is 0 Å². The highest BCUT2D eigenvalue weighted by molar-refractivity contribution is 5.77. The quantitative estimate of drug-likeness (QED) is 0.317. The maximum Gasteiger partial charge on any atom is 0.207 e. The van der Waals surface area contributed by atoms with Gasteiger partial charge < -0.3 is 10.5 Å². The third kappa shape index (κ3) is 1.68. The minimum atomic E-state index is -0.641. The lowest BCUT2D eigenvalue weighted by molar-refractivity contribution is 0.155. The Morgan fingerprint density at radius 1 is 1.50 bits per heavy atom. The summed E-state index contributed by atoms with van der Waals surface area (Å²) in [6, 6.07) is 7.47. The molecule has 3 N–H and O–H groups in total. The molecule has 0 spiro atoms. The Morgan fingerprint density at radius 2 is 2.25 bits per heavy atom. The van der Waals surface area contributed by atoms with Crippen LogP contribution < -0.4 is 10.5 Å². The van der Waals surface area contributed by atoms with E-state index in [1.807, 2.05) is 36.5 Å². The molecule has 0 saturated heterocycles. The molecule has 0 aliphatic carbocycles. The van der Waals surface area contributed by atoms with Crippen LogP contribution in [0.25, 0.3) is 6.08 Å². The molecule has 0 aromatic heterocycles. The van der Waals surface area contributed by atoms with Gasteiger partial charge in [0.2, 0.25) is 12.2 Å². The van der Waals surface area contributed by atoms with Crippen molar-refractivity contribution < 1.29 is 4.74 Å². The highest BCUT2D eigenvalue weighted by Crippen LogP contribution is 2.26. The summed E-state index contributed by atoms with van der Waals surface area (Å²) in [6.45, 7) is 0. The second-order valence-electron chi connectivity index (χ2n) is 3.26. The van der Waals surface area contributed by atoms with Crippen LogP contribution in [0.15, 0.2) is 30.3 Å².